The number of hydrogen-bond donors (Lipinski definition) is 1. The quantitative estimate of drug-likeness (QED) is 0.513. The molecule has 0 aliphatic heterocycles. The molecule has 14 heavy (non-hydrogen) atoms. The van der Waals surface area contributed by atoms with Gasteiger partial charge in [-0.1, -0.05) is 22.6 Å². The summed E-state index contributed by atoms with van der Waals surface area (Å²) in [5.74, 6) is 0.979. The van der Waals surface area contributed by atoms with Gasteiger partial charge in [0.15, 0.2) is 0 Å². The van der Waals surface area contributed by atoms with Crippen LogP contribution in [-0.4, -0.2) is 23.6 Å². The minimum absolute atomic E-state index is 0.958. The van der Waals surface area contributed by atoms with Gasteiger partial charge in [-0.15, -0.1) is 0 Å². The second kappa shape index (κ2) is 6.29. The lowest BCUT2D eigenvalue weighted by molar-refractivity contribution is 0.698. The summed E-state index contributed by atoms with van der Waals surface area (Å²) in [7, 11) is 1.97. The van der Waals surface area contributed by atoms with Crippen LogP contribution in [0.25, 0.3) is 0 Å². The SMILES string of the molecule is CNCCCc1nc(C)cc(CI)n1. The molecule has 0 bridgehead atoms. The van der Waals surface area contributed by atoms with Gasteiger partial charge in [-0.3, -0.25) is 0 Å². The van der Waals surface area contributed by atoms with Crippen molar-refractivity contribution in [3.8, 4) is 0 Å². The summed E-state index contributed by atoms with van der Waals surface area (Å²) >= 11 is 2.33. The second-order valence-corrected chi connectivity index (χ2v) is 4.02. The van der Waals surface area contributed by atoms with Gasteiger partial charge in [-0.2, -0.15) is 0 Å². The standard InChI is InChI=1S/C10H16IN3/c1-8-6-9(7-11)14-10(13-8)4-3-5-12-2/h6,12H,3-5,7H2,1-2H3. The van der Waals surface area contributed by atoms with E-state index in [0.29, 0.717) is 0 Å². The first-order valence-electron chi connectivity index (χ1n) is 4.80. The summed E-state index contributed by atoms with van der Waals surface area (Å²) in [5, 5.41) is 3.12. The molecule has 1 N–H and O–H groups in total. The molecule has 0 amide bonds. The molecule has 0 atom stereocenters. The number of halogens is 1. The predicted octanol–water partition coefficient (Wildman–Crippen LogP) is 1.87. The van der Waals surface area contributed by atoms with E-state index < -0.39 is 0 Å². The van der Waals surface area contributed by atoms with Crippen molar-refractivity contribution in [3.05, 3.63) is 23.3 Å². The first-order chi connectivity index (χ1) is 6.76. The van der Waals surface area contributed by atoms with E-state index in [1.54, 1.807) is 0 Å². The van der Waals surface area contributed by atoms with Gasteiger partial charge in [0.25, 0.3) is 0 Å². The van der Waals surface area contributed by atoms with Gasteiger partial charge in [0.05, 0.1) is 5.69 Å². The molecule has 4 heteroatoms. The molecule has 0 aromatic carbocycles. The highest BCUT2D eigenvalue weighted by Crippen LogP contribution is 2.06. The summed E-state index contributed by atoms with van der Waals surface area (Å²) in [6.45, 7) is 3.05. The van der Waals surface area contributed by atoms with E-state index in [-0.39, 0.29) is 0 Å². The normalized spacial score (nSPS) is 10.5. The van der Waals surface area contributed by atoms with Gasteiger partial charge in [0.1, 0.15) is 5.82 Å². The van der Waals surface area contributed by atoms with Crippen LogP contribution in [0.1, 0.15) is 23.6 Å². The van der Waals surface area contributed by atoms with Crippen LogP contribution in [0, 0.1) is 6.92 Å². The van der Waals surface area contributed by atoms with Crippen molar-refractivity contribution in [2.75, 3.05) is 13.6 Å². The maximum atomic E-state index is 4.48. The molecule has 3 nitrogen and oxygen atoms in total. The monoisotopic (exact) mass is 305 g/mol. The van der Waals surface area contributed by atoms with Crippen LogP contribution in [0.15, 0.2) is 6.07 Å². The number of hydrogen-bond acceptors (Lipinski definition) is 3. The van der Waals surface area contributed by atoms with E-state index in [0.717, 1.165) is 41.0 Å². The molecule has 1 aromatic heterocycles. The van der Waals surface area contributed by atoms with Crippen molar-refractivity contribution in [3.63, 3.8) is 0 Å². The average molecular weight is 305 g/mol. The van der Waals surface area contributed by atoms with Crippen LogP contribution >= 0.6 is 22.6 Å². The molecule has 0 aliphatic rings. The van der Waals surface area contributed by atoms with Crippen LogP contribution in [-0.2, 0) is 10.8 Å². The number of nitrogens with zero attached hydrogens (tertiary/aromatic N) is 2. The maximum absolute atomic E-state index is 4.48. The van der Waals surface area contributed by atoms with Gasteiger partial charge < -0.3 is 5.32 Å². The van der Waals surface area contributed by atoms with Crippen molar-refractivity contribution in [1.82, 2.24) is 15.3 Å². The summed E-state index contributed by atoms with van der Waals surface area (Å²) in [6, 6.07) is 2.05. The largest absolute Gasteiger partial charge is 0.320 e. The van der Waals surface area contributed by atoms with Gasteiger partial charge >= 0.3 is 0 Å². The van der Waals surface area contributed by atoms with Crippen LogP contribution in [0.3, 0.4) is 0 Å². The topological polar surface area (TPSA) is 37.8 Å². The lowest BCUT2D eigenvalue weighted by Crippen LogP contribution is -2.10. The molecule has 0 spiro atoms. The van der Waals surface area contributed by atoms with E-state index in [1.165, 1.54) is 0 Å². The molecule has 0 saturated carbocycles. The molecule has 1 aromatic rings. The fourth-order valence-corrected chi connectivity index (χ4v) is 1.69. The van der Waals surface area contributed by atoms with Crippen molar-refractivity contribution >= 4 is 22.6 Å². The van der Waals surface area contributed by atoms with Gasteiger partial charge in [0.2, 0.25) is 0 Å². The Morgan fingerprint density at radius 2 is 2.21 bits per heavy atom. The molecule has 0 saturated heterocycles. The molecule has 0 radical (unpaired) electrons. The van der Waals surface area contributed by atoms with Crippen molar-refractivity contribution < 1.29 is 0 Å². The number of nitrogens with one attached hydrogen (secondary N) is 1. The number of rotatable bonds is 5. The van der Waals surface area contributed by atoms with E-state index in [2.05, 4.69) is 37.9 Å². The third-order valence-corrected chi connectivity index (χ3v) is 2.70. The zero-order chi connectivity index (χ0) is 10.4. The molecule has 1 heterocycles. The van der Waals surface area contributed by atoms with Gasteiger partial charge in [0, 0.05) is 16.5 Å². The van der Waals surface area contributed by atoms with Crippen molar-refractivity contribution in [1.29, 1.82) is 0 Å². The Balaban J connectivity index is 2.62. The lowest BCUT2D eigenvalue weighted by atomic mass is 10.2. The zero-order valence-electron chi connectivity index (χ0n) is 8.68. The Labute approximate surface area is 98.9 Å². The highest BCUT2D eigenvalue weighted by Gasteiger charge is 2.00. The summed E-state index contributed by atoms with van der Waals surface area (Å²) < 4.78 is 0.958. The van der Waals surface area contributed by atoms with Crippen molar-refractivity contribution in [2.24, 2.45) is 0 Å². The molecular formula is C10H16IN3. The van der Waals surface area contributed by atoms with Gasteiger partial charge in [-0.05, 0) is 33.0 Å². The lowest BCUT2D eigenvalue weighted by Gasteiger charge is -2.03. The Hall–Kier alpha value is -0.230. The van der Waals surface area contributed by atoms with Crippen LogP contribution < -0.4 is 5.32 Å². The highest BCUT2D eigenvalue weighted by atomic mass is 127. The Kier molecular flexibility index (Phi) is 5.32. The fraction of sp³-hybridized carbons (Fsp3) is 0.600. The minimum Gasteiger partial charge on any atom is -0.320 e. The molecular weight excluding hydrogens is 289 g/mol. The van der Waals surface area contributed by atoms with Crippen LogP contribution in [0.5, 0.6) is 0 Å². The summed E-state index contributed by atoms with van der Waals surface area (Å²) in [4.78, 5) is 8.89. The van der Waals surface area contributed by atoms with Gasteiger partial charge in [-0.25, -0.2) is 9.97 Å². The van der Waals surface area contributed by atoms with E-state index in [1.807, 2.05) is 20.0 Å². The number of aryl methyl sites for hydroxylation is 2. The second-order valence-electron chi connectivity index (χ2n) is 3.26. The third kappa shape index (κ3) is 3.88. The van der Waals surface area contributed by atoms with Crippen LogP contribution in [0.4, 0.5) is 0 Å². The number of alkyl halides is 1. The Bertz CT molecular complexity index is 289. The van der Waals surface area contributed by atoms with E-state index >= 15 is 0 Å². The average Bonchev–Trinajstić information content (AvgIpc) is 2.17. The molecule has 0 fully saturated rings. The van der Waals surface area contributed by atoms with E-state index in [4.69, 9.17) is 0 Å². The first kappa shape index (κ1) is 11.8. The molecule has 78 valence electrons. The molecule has 1 rings (SSSR count). The third-order valence-electron chi connectivity index (χ3n) is 1.92. The number of aromatic nitrogens is 2. The minimum atomic E-state index is 0.958. The highest BCUT2D eigenvalue weighted by molar-refractivity contribution is 14.1. The Morgan fingerprint density at radius 3 is 2.86 bits per heavy atom. The smallest absolute Gasteiger partial charge is 0.128 e. The zero-order valence-corrected chi connectivity index (χ0v) is 10.8. The summed E-state index contributed by atoms with van der Waals surface area (Å²) in [6.07, 6.45) is 2.06. The first-order valence-corrected chi connectivity index (χ1v) is 6.33. The predicted molar refractivity (Wildman–Crippen MR) is 66.7 cm³/mol. The van der Waals surface area contributed by atoms with Crippen molar-refractivity contribution in [2.45, 2.75) is 24.2 Å². The molecule has 0 unspecified atom stereocenters. The summed E-state index contributed by atoms with van der Waals surface area (Å²) in [5.41, 5.74) is 2.21. The maximum Gasteiger partial charge on any atom is 0.128 e. The van der Waals surface area contributed by atoms with Crippen LogP contribution in [0.2, 0.25) is 0 Å². The fourth-order valence-electron chi connectivity index (χ4n) is 1.30. The van der Waals surface area contributed by atoms with E-state index in [9.17, 15) is 0 Å². The Morgan fingerprint density at radius 1 is 1.43 bits per heavy atom. The molecule has 0 aliphatic carbocycles.